The second-order valence-corrected chi connectivity index (χ2v) is 7.73. The third-order valence-electron chi connectivity index (χ3n) is 6.14. The fraction of sp³-hybridized carbons (Fsp3) is 0.550. The number of aryl methyl sites for hydroxylation is 1. The van der Waals surface area contributed by atoms with Crippen LogP contribution in [-0.4, -0.2) is 35.2 Å². The molecular weight excluding hydrogens is 316 g/mol. The smallest absolute Gasteiger partial charge is 0.247 e. The summed E-state index contributed by atoms with van der Waals surface area (Å²) in [6.45, 7) is 1.90. The molecule has 3 amide bonds. The Morgan fingerprint density at radius 3 is 2.68 bits per heavy atom. The van der Waals surface area contributed by atoms with E-state index in [4.69, 9.17) is 0 Å². The van der Waals surface area contributed by atoms with Gasteiger partial charge in [0.2, 0.25) is 17.7 Å². The average molecular weight is 340 g/mol. The molecule has 3 aliphatic rings. The van der Waals surface area contributed by atoms with Crippen LogP contribution in [0.15, 0.2) is 24.3 Å². The molecule has 4 rings (SSSR count). The van der Waals surface area contributed by atoms with Crippen molar-refractivity contribution in [1.29, 1.82) is 0 Å². The molecule has 5 nitrogen and oxygen atoms in total. The van der Waals surface area contributed by atoms with Crippen molar-refractivity contribution in [3.8, 4) is 0 Å². The Kier molecular flexibility index (Phi) is 3.89. The van der Waals surface area contributed by atoms with Gasteiger partial charge in [0.15, 0.2) is 0 Å². The number of hydrogen-bond acceptors (Lipinski definition) is 3. The number of amides is 3. The Hall–Kier alpha value is -2.17. The predicted octanol–water partition coefficient (Wildman–Crippen LogP) is 2.67. The number of likely N-dealkylation sites (tertiary alicyclic amines) is 1. The SMILES string of the molecule is CC1CCc2ccccc2N1C(=O)CN1C(=O)CC2(CCCC2)C1=O. The molecule has 0 aromatic heterocycles. The minimum Gasteiger partial charge on any atom is -0.308 e. The number of hydrogen-bond donors (Lipinski definition) is 0. The number of fused-ring (bicyclic) bond motifs is 1. The summed E-state index contributed by atoms with van der Waals surface area (Å²) in [5, 5.41) is 0. The molecule has 1 aromatic carbocycles. The number of carbonyl (C=O) groups is 3. The van der Waals surface area contributed by atoms with Crippen molar-refractivity contribution in [3.63, 3.8) is 0 Å². The zero-order valence-corrected chi connectivity index (χ0v) is 14.7. The monoisotopic (exact) mass is 340 g/mol. The third kappa shape index (κ3) is 2.57. The van der Waals surface area contributed by atoms with Crippen LogP contribution in [0.4, 0.5) is 5.69 Å². The number of benzene rings is 1. The first-order valence-electron chi connectivity index (χ1n) is 9.27. The molecule has 0 radical (unpaired) electrons. The van der Waals surface area contributed by atoms with E-state index in [9.17, 15) is 14.4 Å². The predicted molar refractivity (Wildman–Crippen MR) is 93.9 cm³/mol. The summed E-state index contributed by atoms with van der Waals surface area (Å²) in [7, 11) is 0. The van der Waals surface area contributed by atoms with Gasteiger partial charge >= 0.3 is 0 Å². The molecule has 2 aliphatic heterocycles. The number of anilines is 1. The Labute approximate surface area is 148 Å². The fourth-order valence-corrected chi connectivity index (χ4v) is 4.74. The summed E-state index contributed by atoms with van der Waals surface area (Å²) < 4.78 is 0. The molecule has 1 saturated heterocycles. The number of imide groups is 1. The van der Waals surface area contributed by atoms with E-state index in [1.807, 2.05) is 31.2 Å². The van der Waals surface area contributed by atoms with Gasteiger partial charge in [0.25, 0.3) is 0 Å². The van der Waals surface area contributed by atoms with E-state index in [0.29, 0.717) is 0 Å². The van der Waals surface area contributed by atoms with Crippen molar-refractivity contribution < 1.29 is 14.4 Å². The zero-order valence-electron chi connectivity index (χ0n) is 14.7. The van der Waals surface area contributed by atoms with Crippen molar-refractivity contribution >= 4 is 23.4 Å². The fourth-order valence-electron chi connectivity index (χ4n) is 4.74. The Balaban J connectivity index is 1.56. The van der Waals surface area contributed by atoms with Crippen LogP contribution in [0.1, 0.15) is 51.0 Å². The van der Waals surface area contributed by atoms with Gasteiger partial charge in [-0.25, -0.2) is 0 Å². The molecule has 1 aliphatic carbocycles. The molecule has 1 spiro atoms. The molecule has 132 valence electrons. The summed E-state index contributed by atoms with van der Waals surface area (Å²) in [4.78, 5) is 41.2. The van der Waals surface area contributed by atoms with E-state index < -0.39 is 5.41 Å². The van der Waals surface area contributed by atoms with Crippen molar-refractivity contribution in [2.45, 2.75) is 57.9 Å². The zero-order chi connectivity index (χ0) is 17.6. The minimum atomic E-state index is -0.511. The largest absolute Gasteiger partial charge is 0.308 e. The second-order valence-electron chi connectivity index (χ2n) is 7.73. The average Bonchev–Trinajstić information content (AvgIpc) is 3.16. The number of nitrogens with zero attached hydrogens (tertiary/aromatic N) is 2. The van der Waals surface area contributed by atoms with Crippen LogP contribution in [-0.2, 0) is 20.8 Å². The molecule has 1 atom stereocenters. The topological polar surface area (TPSA) is 57.7 Å². The quantitative estimate of drug-likeness (QED) is 0.778. The second kappa shape index (κ2) is 5.97. The van der Waals surface area contributed by atoms with Gasteiger partial charge in [0, 0.05) is 18.2 Å². The molecule has 1 unspecified atom stereocenters. The van der Waals surface area contributed by atoms with Crippen LogP contribution in [0, 0.1) is 5.41 Å². The summed E-state index contributed by atoms with van der Waals surface area (Å²) in [6, 6.07) is 7.98. The summed E-state index contributed by atoms with van der Waals surface area (Å²) in [6.07, 6.45) is 5.69. The molecule has 0 bridgehead atoms. The van der Waals surface area contributed by atoms with E-state index in [0.717, 1.165) is 49.8 Å². The summed E-state index contributed by atoms with van der Waals surface area (Å²) in [5.41, 5.74) is 1.56. The maximum absolute atomic E-state index is 13.0. The van der Waals surface area contributed by atoms with E-state index in [2.05, 4.69) is 0 Å². The van der Waals surface area contributed by atoms with Crippen LogP contribution >= 0.6 is 0 Å². The lowest BCUT2D eigenvalue weighted by molar-refractivity contribution is -0.144. The lowest BCUT2D eigenvalue weighted by atomic mass is 9.84. The Morgan fingerprint density at radius 1 is 1.20 bits per heavy atom. The van der Waals surface area contributed by atoms with Crippen molar-refractivity contribution in [2.24, 2.45) is 5.41 Å². The van der Waals surface area contributed by atoms with Gasteiger partial charge in [-0.1, -0.05) is 31.0 Å². The van der Waals surface area contributed by atoms with Crippen LogP contribution in [0.2, 0.25) is 0 Å². The van der Waals surface area contributed by atoms with Gasteiger partial charge in [-0.2, -0.15) is 0 Å². The molecular formula is C20H24N2O3. The maximum Gasteiger partial charge on any atom is 0.247 e. The van der Waals surface area contributed by atoms with Gasteiger partial charge in [0.05, 0.1) is 5.41 Å². The van der Waals surface area contributed by atoms with Crippen LogP contribution in [0.25, 0.3) is 0 Å². The number of rotatable bonds is 2. The van der Waals surface area contributed by atoms with Crippen molar-refractivity contribution in [3.05, 3.63) is 29.8 Å². The number of carbonyl (C=O) groups excluding carboxylic acids is 3. The highest BCUT2D eigenvalue weighted by Crippen LogP contribution is 2.46. The molecule has 5 heteroatoms. The lowest BCUT2D eigenvalue weighted by Gasteiger charge is -2.36. The molecule has 25 heavy (non-hydrogen) atoms. The lowest BCUT2D eigenvalue weighted by Crippen LogP contribution is -2.48. The van der Waals surface area contributed by atoms with Gasteiger partial charge in [0.1, 0.15) is 6.54 Å². The minimum absolute atomic E-state index is 0.0793. The van der Waals surface area contributed by atoms with Crippen LogP contribution < -0.4 is 4.90 Å². The van der Waals surface area contributed by atoms with Gasteiger partial charge in [-0.3, -0.25) is 19.3 Å². The van der Waals surface area contributed by atoms with Gasteiger partial charge < -0.3 is 4.90 Å². The van der Waals surface area contributed by atoms with Crippen molar-refractivity contribution in [2.75, 3.05) is 11.4 Å². The third-order valence-corrected chi connectivity index (χ3v) is 6.14. The first-order chi connectivity index (χ1) is 12.0. The molecule has 1 saturated carbocycles. The Bertz CT molecular complexity index is 736. The maximum atomic E-state index is 13.0. The highest BCUT2D eigenvalue weighted by molar-refractivity contribution is 6.10. The molecule has 2 heterocycles. The van der Waals surface area contributed by atoms with E-state index in [1.54, 1.807) is 4.90 Å². The molecule has 2 fully saturated rings. The molecule has 0 N–H and O–H groups in total. The Morgan fingerprint density at radius 2 is 1.92 bits per heavy atom. The van der Waals surface area contributed by atoms with Crippen molar-refractivity contribution in [1.82, 2.24) is 4.90 Å². The van der Waals surface area contributed by atoms with Crippen LogP contribution in [0.3, 0.4) is 0 Å². The highest BCUT2D eigenvalue weighted by atomic mass is 16.2. The highest BCUT2D eigenvalue weighted by Gasteiger charge is 2.53. The molecule has 1 aromatic rings. The standard InChI is InChI=1S/C20H24N2O3/c1-14-8-9-15-6-2-3-7-16(15)22(14)18(24)13-21-17(23)12-20(19(21)25)10-4-5-11-20/h2-3,6-7,14H,4-5,8-13H2,1H3. The summed E-state index contributed by atoms with van der Waals surface area (Å²) in [5.74, 6) is -0.462. The van der Waals surface area contributed by atoms with E-state index >= 15 is 0 Å². The first-order valence-corrected chi connectivity index (χ1v) is 9.27. The number of para-hydroxylation sites is 1. The summed E-state index contributed by atoms with van der Waals surface area (Å²) >= 11 is 0. The van der Waals surface area contributed by atoms with Gasteiger partial charge in [-0.05, 0) is 44.2 Å². The van der Waals surface area contributed by atoms with E-state index in [1.165, 1.54) is 4.90 Å². The van der Waals surface area contributed by atoms with E-state index in [-0.39, 0.29) is 36.7 Å². The normalized spacial score (nSPS) is 24.9. The first kappa shape index (κ1) is 16.3. The van der Waals surface area contributed by atoms with Gasteiger partial charge in [-0.15, -0.1) is 0 Å². The van der Waals surface area contributed by atoms with Crippen LogP contribution in [0.5, 0.6) is 0 Å².